The molecule has 12 nitrogen and oxygen atoms in total. The highest BCUT2D eigenvalue weighted by atomic mass is 16.6. The van der Waals surface area contributed by atoms with Crippen LogP contribution in [0.15, 0.2) is 66.8 Å². The molecule has 0 amide bonds. The minimum atomic E-state index is -1.47. The number of rotatable bonds is 28. The van der Waals surface area contributed by atoms with Gasteiger partial charge in [-0.15, -0.1) is 0 Å². The van der Waals surface area contributed by atoms with E-state index in [0.717, 1.165) is 40.2 Å². The van der Waals surface area contributed by atoms with Gasteiger partial charge in [0, 0.05) is 11.1 Å². The fraction of sp³-hybridized carbons (Fsp3) is 0.593. The van der Waals surface area contributed by atoms with Gasteiger partial charge in [0.05, 0.1) is 13.2 Å². The number of esters is 4. The molecule has 2 saturated carbocycles. The molecular formula is C54H74O12. The molecular weight excluding hydrogens is 841 g/mol. The number of ether oxygens (including phenoxy) is 6. The van der Waals surface area contributed by atoms with Gasteiger partial charge in [-0.05, 0) is 144 Å². The van der Waals surface area contributed by atoms with Crippen molar-refractivity contribution in [3.63, 3.8) is 0 Å². The van der Waals surface area contributed by atoms with Crippen LogP contribution < -0.4 is 9.47 Å². The number of carbonyl (C=O) groups is 6. The van der Waals surface area contributed by atoms with Crippen LogP contribution in [0.3, 0.4) is 0 Å². The first-order valence-corrected chi connectivity index (χ1v) is 24.0. The third-order valence-electron chi connectivity index (χ3n) is 12.8. The number of Topliss-reactive ketones (excluding diaryl/α,β-unsaturated/α-hetero) is 2. The van der Waals surface area contributed by atoms with Crippen LogP contribution in [-0.4, -0.2) is 75.1 Å². The highest BCUT2D eigenvalue weighted by molar-refractivity contribution is 5.94. The van der Waals surface area contributed by atoms with Crippen LogP contribution in [0.25, 0.3) is 11.1 Å². The maximum atomic E-state index is 12.6. The Bertz CT molecular complexity index is 1920. The fourth-order valence-corrected chi connectivity index (χ4v) is 8.86. The van der Waals surface area contributed by atoms with E-state index in [-0.39, 0.29) is 24.4 Å². The van der Waals surface area contributed by atoms with Crippen LogP contribution in [0.2, 0.25) is 0 Å². The number of benzene rings is 2. The molecule has 0 bridgehead atoms. The highest BCUT2D eigenvalue weighted by Gasteiger charge is 2.38. The van der Waals surface area contributed by atoms with E-state index >= 15 is 0 Å². The van der Waals surface area contributed by atoms with Crippen molar-refractivity contribution >= 4 is 35.4 Å². The summed E-state index contributed by atoms with van der Waals surface area (Å²) in [6.45, 7) is 14.3. The zero-order chi connectivity index (χ0) is 48.1. The smallest absolute Gasteiger partial charge is 0.333 e. The van der Waals surface area contributed by atoms with Gasteiger partial charge in [0.2, 0.25) is 0 Å². The van der Waals surface area contributed by atoms with Crippen molar-refractivity contribution in [3.05, 3.63) is 72.3 Å². The lowest BCUT2D eigenvalue weighted by atomic mass is 9.69. The van der Waals surface area contributed by atoms with Gasteiger partial charge in [-0.25, -0.2) is 9.59 Å². The Morgan fingerprint density at radius 2 is 1.12 bits per heavy atom. The van der Waals surface area contributed by atoms with E-state index in [1.54, 1.807) is 13.0 Å². The molecule has 362 valence electrons. The Hall–Kier alpha value is -5.26. The molecule has 0 unspecified atom stereocenters. The van der Waals surface area contributed by atoms with Crippen molar-refractivity contribution in [2.45, 2.75) is 137 Å². The van der Waals surface area contributed by atoms with E-state index in [4.69, 9.17) is 28.4 Å². The molecule has 0 radical (unpaired) electrons. The van der Waals surface area contributed by atoms with Gasteiger partial charge in [-0.2, -0.15) is 0 Å². The molecule has 0 saturated heterocycles. The van der Waals surface area contributed by atoms with Crippen LogP contribution in [0, 0.1) is 29.1 Å². The predicted molar refractivity (Wildman–Crippen MR) is 253 cm³/mol. The maximum absolute atomic E-state index is 12.6. The molecule has 0 heterocycles. The summed E-state index contributed by atoms with van der Waals surface area (Å²) in [6.07, 6.45) is 16.1. The van der Waals surface area contributed by atoms with E-state index in [2.05, 4.69) is 20.1 Å². The standard InChI is InChI=1S/C54H74O12/c1-8-9-10-12-41-14-18-43(19-15-41)44-20-16-42(17-21-44)32-62-48-25-22-45(23-26-48)46-24-27-49(47(31-46)13-11-28-61-52(59)37(2)3)63-33-54(36-66-53(60)38(4)5,34-64-50(57)29-39(6)55)35-65-51(58)30-40(7)56/h22-27,31,41-44H,2,4,8-21,28-30,32-36H2,1,3,5-7H3. The van der Waals surface area contributed by atoms with Gasteiger partial charge in [0.25, 0.3) is 0 Å². The quantitative estimate of drug-likeness (QED) is 0.0262. The van der Waals surface area contributed by atoms with Gasteiger partial charge in [0.1, 0.15) is 67.7 Å². The molecule has 2 aliphatic rings. The first-order chi connectivity index (χ1) is 31.6. The predicted octanol–water partition coefficient (Wildman–Crippen LogP) is 10.5. The van der Waals surface area contributed by atoms with Gasteiger partial charge in [0.15, 0.2) is 0 Å². The molecule has 0 aromatic heterocycles. The zero-order valence-electron chi connectivity index (χ0n) is 40.2. The van der Waals surface area contributed by atoms with Crippen LogP contribution in [0.5, 0.6) is 11.5 Å². The number of aryl methyl sites for hydroxylation is 1. The average Bonchev–Trinajstić information content (AvgIpc) is 3.29. The molecule has 2 aromatic rings. The SMILES string of the molecule is C=C(C)C(=O)OCCCc1cc(-c2ccc(OCC3CCC(C4CCC(CCCCC)CC4)CC3)cc2)ccc1OCC(COC(=O)CC(C)=O)(COC(=O)CC(C)=O)COC(=O)C(=C)C. The molecule has 0 N–H and O–H groups in total. The fourth-order valence-electron chi connectivity index (χ4n) is 8.86. The van der Waals surface area contributed by atoms with E-state index in [0.29, 0.717) is 31.1 Å². The number of hydrogen-bond donors (Lipinski definition) is 0. The Kier molecular flexibility index (Phi) is 22.1. The largest absolute Gasteiger partial charge is 0.493 e. The summed E-state index contributed by atoms with van der Waals surface area (Å²) >= 11 is 0. The van der Waals surface area contributed by atoms with Crippen LogP contribution in [0.1, 0.15) is 136 Å². The van der Waals surface area contributed by atoms with E-state index in [9.17, 15) is 28.8 Å². The average molecular weight is 915 g/mol. The molecule has 0 atom stereocenters. The van der Waals surface area contributed by atoms with Gasteiger partial charge < -0.3 is 28.4 Å². The monoisotopic (exact) mass is 915 g/mol. The number of unbranched alkanes of at least 4 members (excludes halogenated alkanes) is 2. The highest BCUT2D eigenvalue weighted by Crippen LogP contribution is 2.42. The van der Waals surface area contributed by atoms with E-state index in [1.165, 1.54) is 97.8 Å². The molecule has 12 heteroatoms. The van der Waals surface area contributed by atoms with Crippen molar-refractivity contribution in [3.8, 4) is 22.6 Å². The molecule has 0 spiro atoms. The molecule has 4 rings (SSSR count). The Balaban J connectivity index is 1.47. The maximum Gasteiger partial charge on any atom is 0.333 e. The summed E-state index contributed by atoms with van der Waals surface area (Å²) in [6, 6.07) is 13.7. The summed E-state index contributed by atoms with van der Waals surface area (Å²) in [7, 11) is 0. The van der Waals surface area contributed by atoms with Gasteiger partial charge in [-0.1, -0.05) is 76.8 Å². The summed E-state index contributed by atoms with van der Waals surface area (Å²) < 4.78 is 34.6. The topological polar surface area (TPSA) is 158 Å². The Morgan fingerprint density at radius 1 is 0.591 bits per heavy atom. The second-order valence-electron chi connectivity index (χ2n) is 19.0. The van der Waals surface area contributed by atoms with Crippen LogP contribution >= 0.6 is 0 Å². The molecule has 2 aliphatic carbocycles. The van der Waals surface area contributed by atoms with Crippen molar-refractivity contribution < 1.29 is 57.2 Å². The second-order valence-corrected chi connectivity index (χ2v) is 19.0. The van der Waals surface area contributed by atoms with Crippen molar-refractivity contribution in [1.29, 1.82) is 0 Å². The van der Waals surface area contributed by atoms with Crippen molar-refractivity contribution in [2.75, 3.05) is 39.6 Å². The third-order valence-corrected chi connectivity index (χ3v) is 12.8. The lowest BCUT2D eigenvalue weighted by molar-refractivity contribution is -0.163. The molecule has 0 aliphatic heterocycles. The first kappa shape index (κ1) is 53.4. The lowest BCUT2D eigenvalue weighted by Crippen LogP contribution is -2.44. The summed E-state index contributed by atoms with van der Waals surface area (Å²) in [5, 5.41) is 0. The number of hydrogen-bond acceptors (Lipinski definition) is 12. The zero-order valence-corrected chi connectivity index (χ0v) is 40.2. The summed E-state index contributed by atoms with van der Waals surface area (Å²) in [5.41, 5.74) is 1.52. The summed E-state index contributed by atoms with van der Waals surface area (Å²) in [5.74, 6) is 0.796. The van der Waals surface area contributed by atoms with Crippen molar-refractivity contribution in [1.82, 2.24) is 0 Å². The molecule has 2 aromatic carbocycles. The minimum absolute atomic E-state index is 0.106. The van der Waals surface area contributed by atoms with E-state index in [1.807, 2.05) is 36.4 Å². The minimum Gasteiger partial charge on any atom is -0.493 e. The lowest BCUT2D eigenvalue weighted by Gasteiger charge is -2.38. The summed E-state index contributed by atoms with van der Waals surface area (Å²) in [4.78, 5) is 73.3. The second kappa shape index (κ2) is 27.4. The Morgan fingerprint density at radius 3 is 1.67 bits per heavy atom. The first-order valence-electron chi connectivity index (χ1n) is 24.0. The van der Waals surface area contributed by atoms with Crippen LogP contribution in [-0.2, 0) is 54.1 Å². The van der Waals surface area contributed by atoms with Crippen molar-refractivity contribution in [2.24, 2.45) is 29.1 Å². The van der Waals surface area contributed by atoms with Crippen LogP contribution in [0.4, 0.5) is 0 Å². The normalized spacial score (nSPS) is 18.3. The number of ketones is 2. The van der Waals surface area contributed by atoms with Gasteiger partial charge >= 0.3 is 23.9 Å². The van der Waals surface area contributed by atoms with Gasteiger partial charge in [-0.3, -0.25) is 19.2 Å². The van der Waals surface area contributed by atoms with E-state index < -0.39 is 73.5 Å². The number of carbonyl (C=O) groups excluding carboxylic acids is 6. The third kappa shape index (κ3) is 18.6. The molecule has 2 fully saturated rings. The Labute approximate surface area is 392 Å². The molecule has 66 heavy (non-hydrogen) atoms.